The normalized spacial score (nSPS) is 34.6. The number of hydrogen-bond acceptors (Lipinski definition) is 7. The third-order valence-electron chi connectivity index (χ3n) is 4.29. The number of alkyl halides is 1. The van der Waals surface area contributed by atoms with E-state index in [4.69, 9.17) is 4.74 Å². The Balaban J connectivity index is 1.94. The van der Waals surface area contributed by atoms with Gasteiger partial charge < -0.3 is 14.7 Å². The standard InChI is InChI=1S/C15H17BrN2O4S2/c1-3-7-22-10(20)9-14(2,4-6-19)24-13-15(16,12(21)18(9)13)11-17-5-8-23-11/h3,5,8-9,13,19H,1,4,6-7H2,2H3/t9-,13+,14?,15?/m0/s1. The number of thioether (sulfide) groups is 1. The number of rotatable bonds is 6. The van der Waals surface area contributed by atoms with Gasteiger partial charge in [0.05, 0.1) is 0 Å². The number of amides is 1. The number of hydrogen-bond donors (Lipinski definition) is 1. The average Bonchev–Trinajstić information content (AvgIpc) is 3.18. The fourth-order valence-corrected chi connectivity index (χ4v) is 6.80. The van der Waals surface area contributed by atoms with E-state index in [9.17, 15) is 14.7 Å². The van der Waals surface area contributed by atoms with Gasteiger partial charge in [-0.05, 0) is 13.3 Å². The highest BCUT2D eigenvalue weighted by atomic mass is 79.9. The van der Waals surface area contributed by atoms with Crippen LogP contribution >= 0.6 is 39.0 Å². The maximum atomic E-state index is 12.9. The van der Waals surface area contributed by atoms with E-state index in [2.05, 4.69) is 27.5 Å². The average molecular weight is 433 g/mol. The minimum absolute atomic E-state index is 0.0734. The third-order valence-corrected chi connectivity index (χ3v) is 8.69. The summed E-state index contributed by atoms with van der Waals surface area (Å²) in [6, 6.07) is -0.738. The van der Waals surface area contributed by atoms with Crippen LogP contribution in [-0.2, 0) is 18.7 Å². The van der Waals surface area contributed by atoms with Crippen molar-refractivity contribution in [1.82, 2.24) is 9.88 Å². The van der Waals surface area contributed by atoms with Gasteiger partial charge in [0.15, 0.2) is 4.32 Å². The lowest BCUT2D eigenvalue weighted by Gasteiger charge is -2.48. The van der Waals surface area contributed by atoms with Crippen molar-refractivity contribution in [3.8, 4) is 0 Å². The van der Waals surface area contributed by atoms with E-state index < -0.39 is 21.1 Å². The summed E-state index contributed by atoms with van der Waals surface area (Å²) < 4.78 is 3.66. The van der Waals surface area contributed by atoms with Crippen LogP contribution in [0.4, 0.5) is 0 Å². The van der Waals surface area contributed by atoms with Crippen molar-refractivity contribution in [3.05, 3.63) is 29.2 Å². The molecule has 0 aliphatic carbocycles. The second kappa shape index (κ2) is 6.44. The first kappa shape index (κ1) is 17.9. The summed E-state index contributed by atoms with van der Waals surface area (Å²) in [6.45, 7) is 5.44. The second-order valence-electron chi connectivity index (χ2n) is 5.84. The number of nitrogens with zero attached hydrogens (tertiary/aromatic N) is 2. The summed E-state index contributed by atoms with van der Waals surface area (Å²) >= 11 is 6.47. The molecule has 130 valence electrons. The number of ether oxygens (including phenoxy) is 1. The molecule has 2 saturated heterocycles. The number of fused-ring (bicyclic) bond motifs is 1. The fourth-order valence-electron chi connectivity index (χ4n) is 3.13. The van der Waals surface area contributed by atoms with Crippen LogP contribution in [0.5, 0.6) is 0 Å². The van der Waals surface area contributed by atoms with Crippen molar-refractivity contribution in [2.75, 3.05) is 13.2 Å². The molecule has 1 aromatic rings. The monoisotopic (exact) mass is 432 g/mol. The van der Waals surface area contributed by atoms with E-state index in [1.54, 1.807) is 11.1 Å². The number of aliphatic hydroxyl groups is 1. The van der Waals surface area contributed by atoms with Crippen LogP contribution in [0.25, 0.3) is 0 Å². The Morgan fingerprint density at radius 1 is 1.67 bits per heavy atom. The molecule has 2 fully saturated rings. The van der Waals surface area contributed by atoms with Crippen molar-refractivity contribution in [2.24, 2.45) is 0 Å². The Bertz CT molecular complexity index is 670. The first-order chi connectivity index (χ1) is 11.4. The van der Waals surface area contributed by atoms with Crippen LogP contribution in [0.15, 0.2) is 24.2 Å². The molecule has 4 atom stereocenters. The van der Waals surface area contributed by atoms with Gasteiger partial charge in [-0.2, -0.15) is 0 Å². The molecule has 1 N–H and O–H groups in total. The largest absolute Gasteiger partial charge is 0.460 e. The van der Waals surface area contributed by atoms with Gasteiger partial charge in [-0.15, -0.1) is 23.1 Å². The van der Waals surface area contributed by atoms with E-state index in [0.29, 0.717) is 11.4 Å². The molecule has 3 rings (SSSR count). The Morgan fingerprint density at radius 3 is 3.00 bits per heavy atom. The quantitative estimate of drug-likeness (QED) is 0.320. The highest BCUT2D eigenvalue weighted by Gasteiger charge is 2.73. The molecule has 0 saturated carbocycles. The summed E-state index contributed by atoms with van der Waals surface area (Å²) in [5.74, 6) is -0.667. The van der Waals surface area contributed by atoms with E-state index in [-0.39, 0.29) is 24.5 Å². The van der Waals surface area contributed by atoms with E-state index in [0.717, 1.165) is 0 Å². The summed E-state index contributed by atoms with van der Waals surface area (Å²) in [5.41, 5.74) is 0. The van der Waals surface area contributed by atoms with Crippen LogP contribution in [0.1, 0.15) is 18.4 Å². The van der Waals surface area contributed by atoms with Crippen molar-refractivity contribution in [3.63, 3.8) is 0 Å². The van der Waals surface area contributed by atoms with E-state index >= 15 is 0 Å². The van der Waals surface area contributed by atoms with Gasteiger partial charge in [0.2, 0.25) is 0 Å². The lowest BCUT2D eigenvalue weighted by Crippen LogP contribution is -2.69. The van der Waals surface area contributed by atoms with Crippen LogP contribution < -0.4 is 0 Å². The highest BCUT2D eigenvalue weighted by molar-refractivity contribution is 9.10. The van der Waals surface area contributed by atoms with Crippen LogP contribution in [0.2, 0.25) is 0 Å². The SMILES string of the molecule is C=CCOC(=O)[C@@H]1N2C(=O)C(Br)(c3nccs3)[C@H]2SC1(C)CCO. The highest BCUT2D eigenvalue weighted by Crippen LogP contribution is 2.63. The second-order valence-corrected chi connectivity index (χ2v) is 9.60. The van der Waals surface area contributed by atoms with Crippen molar-refractivity contribution in [1.29, 1.82) is 0 Å². The molecule has 6 nitrogen and oxygen atoms in total. The molecule has 9 heteroatoms. The fraction of sp³-hybridized carbons (Fsp3) is 0.533. The maximum absolute atomic E-state index is 12.9. The summed E-state index contributed by atoms with van der Waals surface area (Å²) in [7, 11) is 0. The molecule has 2 unspecified atom stereocenters. The predicted octanol–water partition coefficient (Wildman–Crippen LogP) is 1.89. The number of carbonyl (C=O) groups is 2. The number of halogens is 1. The molecule has 1 aromatic heterocycles. The molecule has 2 aliphatic rings. The first-order valence-corrected chi connectivity index (χ1v) is 9.93. The van der Waals surface area contributed by atoms with Crippen molar-refractivity contribution >= 4 is 50.9 Å². The number of aliphatic hydroxyl groups excluding tert-OH is 1. The maximum Gasteiger partial charge on any atom is 0.330 e. The number of thiazole rings is 1. The molecule has 0 aromatic carbocycles. The summed E-state index contributed by atoms with van der Waals surface area (Å²) in [6.07, 6.45) is 3.53. The van der Waals surface area contributed by atoms with E-state index in [1.165, 1.54) is 29.2 Å². The summed E-state index contributed by atoms with van der Waals surface area (Å²) in [4.78, 5) is 31.2. The molecule has 3 heterocycles. The number of esters is 1. The third kappa shape index (κ3) is 2.44. The Morgan fingerprint density at radius 2 is 2.42 bits per heavy atom. The van der Waals surface area contributed by atoms with Gasteiger partial charge in [-0.1, -0.05) is 28.6 Å². The topological polar surface area (TPSA) is 79.7 Å². The minimum atomic E-state index is -0.921. The minimum Gasteiger partial charge on any atom is -0.460 e. The van der Waals surface area contributed by atoms with Crippen LogP contribution in [0, 0.1) is 0 Å². The van der Waals surface area contributed by atoms with E-state index in [1.807, 2.05) is 12.3 Å². The zero-order valence-corrected chi connectivity index (χ0v) is 16.2. The lowest BCUT2D eigenvalue weighted by molar-refractivity contribution is -0.164. The van der Waals surface area contributed by atoms with Crippen molar-refractivity contribution < 1.29 is 19.4 Å². The smallest absolute Gasteiger partial charge is 0.330 e. The molecular weight excluding hydrogens is 416 g/mol. The van der Waals surface area contributed by atoms with Gasteiger partial charge >= 0.3 is 5.97 Å². The predicted molar refractivity (Wildman–Crippen MR) is 96.0 cm³/mol. The van der Waals surface area contributed by atoms with Gasteiger partial charge in [-0.25, -0.2) is 9.78 Å². The molecule has 0 spiro atoms. The molecule has 0 bridgehead atoms. The number of β-lactam (4-membered cyclic amide) rings is 1. The zero-order valence-electron chi connectivity index (χ0n) is 13.0. The zero-order chi connectivity index (χ0) is 17.5. The van der Waals surface area contributed by atoms with Gasteiger partial charge in [0, 0.05) is 22.9 Å². The Hall–Kier alpha value is -0.900. The molecule has 1 amide bonds. The number of carbonyl (C=O) groups excluding carboxylic acids is 2. The molecule has 2 aliphatic heterocycles. The van der Waals surface area contributed by atoms with Crippen LogP contribution in [0.3, 0.4) is 0 Å². The summed E-state index contributed by atoms with van der Waals surface area (Å²) in [5, 5.41) is 11.7. The van der Waals surface area contributed by atoms with Crippen LogP contribution in [-0.4, -0.2) is 56.2 Å². The Kier molecular flexibility index (Phi) is 4.80. The van der Waals surface area contributed by atoms with Gasteiger partial charge in [-0.3, -0.25) is 4.79 Å². The van der Waals surface area contributed by atoms with Gasteiger partial charge in [0.25, 0.3) is 5.91 Å². The molecular formula is C15H17BrN2O4S2. The molecule has 0 radical (unpaired) electrons. The van der Waals surface area contributed by atoms with Crippen molar-refractivity contribution in [2.45, 2.75) is 33.8 Å². The van der Waals surface area contributed by atoms with Gasteiger partial charge in [0.1, 0.15) is 23.0 Å². The first-order valence-electron chi connectivity index (χ1n) is 7.38. The number of aromatic nitrogens is 1. The Labute approximate surface area is 156 Å². The lowest BCUT2D eigenvalue weighted by atomic mass is 9.89. The molecule has 24 heavy (non-hydrogen) atoms.